The number of hydrogen-bond acceptors (Lipinski definition) is 4. The van der Waals surface area contributed by atoms with E-state index in [1.807, 2.05) is 54.0 Å². The number of aryl methyl sites for hydroxylation is 1. The van der Waals surface area contributed by atoms with Crippen LogP contribution in [0.3, 0.4) is 0 Å². The van der Waals surface area contributed by atoms with Gasteiger partial charge in [0.2, 0.25) is 5.91 Å². The number of ether oxygens (including phenoxy) is 1. The summed E-state index contributed by atoms with van der Waals surface area (Å²) in [5.74, 6) is 0.950. The molecule has 0 fully saturated rings. The lowest BCUT2D eigenvalue weighted by molar-refractivity contribution is -0.111. The van der Waals surface area contributed by atoms with Crippen molar-refractivity contribution in [3.63, 3.8) is 0 Å². The van der Waals surface area contributed by atoms with Gasteiger partial charge in [-0.1, -0.05) is 43.1 Å². The highest BCUT2D eigenvalue weighted by Gasteiger charge is 2.15. The molecule has 0 aliphatic carbocycles. The van der Waals surface area contributed by atoms with Gasteiger partial charge in [-0.2, -0.15) is 0 Å². The van der Waals surface area contributed by atoms with E-state index < -0.39 is 11.2 Å². The van der Waals surface area contributed by atoms with Gasteiger partial charge in [0.05, 0.1) is 24.8 Å². The number of carbonyl (C=O) groups is 1. The topological polar surface area (TPSA) is 79.2 Å². The Morgan fingerprint density at radius 1 is 1.08 bits per heavy atom. The quantitative estimate of drug-likeness (QED) is 0.111. The predicted octanol–water partition coefficient (Wildman–Crippen LogP) is 7.36. The minimum atomic E-state index is -1.21. The van der Waals surface area contributed by atoms with E-state index in [9.17, 15) is 9.35 Å². The molecular formula is C31H32ClN3O3S. The zero-order chi connectivity index (χ0) is 27.6. The van der Waals surface area contributed by atoms with Crippen molar-refractivity contribution in [3.8, 4) is 16.9 Å². The molecule has 1 N–H and O–H groups in total. The molecule has 1 atom stereocenters. The van der Waals surface area contributed by atoms with E-state index >= 15 is 0 Å². The molecule has 0 spiro atoms. The van der Waals surface area contributed by atoms with E-state index in [0.29, 0.717) is 28.0 Å². The summed E-state index contributed by atoms with van der Waals surface area (Å²) >= 11 is 5.20. The van der Waals surface area contributed by atoms with Gasteiger partial charge in [0, 0.05) is 23.3 Å². The molecule has 202 valence electrons. The summed E-state index contributed by atoms with van der Waals surface area (Å²) in [5, 5.41) is 3.39. The smallest absolute Gasteiger partial charge is 0.248 e. The molecule has 0 saturated heterocycles. The van der Waals surface area contributed by atoms with Crippen LogP contribution >= 0.6 is 11.6 Å². The fourth-order valence-electron chi connectivity index (χ4n) is 3.94. The lowest BCUT2D eigenvalue weighted by Gasteiger charge is -2.12. The highest BCUT2D eigenvalue weighted by molar-refractivity contribution is 7.90. The van der Waals surface area contributed by atoms with Gasteiger partial charge in [-0.05, 0) is 95.8 Å². The second kappa shape index (κ2) is 14.0. The summed E-state index contributed by atoms with van der Waals surface area (Å²) in [5.41, 5.74) is 4.31. The van der Waals surface area contributed by atoms with Crippen LogP contribution in [0.25, 0.3) is 17.2 Å². The second-order valence-corrected chi connectivity index (χ2v) is 10.8. The maximum atomic E-state index is 12.8. The summed E-state index contributed by atoms with van der Waals surface area (Å²) in [7, 11) is 0. The fraction of sp³-hybridized carbons (Fsp3) is 0.226. The van der Waals surface area contributed by atoms with Gasteiger partial charge in [0.15, 0.2) is 10.6 Å². The number of nitrogens with one attached hydrogen (secondary N) is 1. The zero-order valence-corrected chi connectivity index (χ0v) is 23.7. The van der Waals surface area contributed by atoms with Crippen LogP contribution in [0.1, 0.15) is 37.9 Å². The molecule has 1 aromatic heterocycles. The lowest BCUT2D eigenvalue weighted by Crippen LogP contribution is -2.10. The Bertz CT molecular complexity index is 1400. The highest BCUT2D eigenvalue weighted by Crippen LogP contribution is 2.28. The molecule has 3 aromatic carbocycles. The molecule has 0 aliphatic heterocycles. The van der Waals surface area contributed by atoms with Crippen LogP contribution in [-0.2, 0) is 28.3 Å². The van der Waals surface area contributed by atoms with Gasteiger partial charge >= 0.3 is 0 Å². The number of carbonyl (C=O) groups excluding carboxylic acids is 1. The van der Waals surface area contributed by atoms with Crippen molar-refractivity contribution in [2.24, 2.45) is 0 Å². The first-order valence-corrected chi connectivity index (χ1v) is 14.7. The minimum absolute atomic E-state index is 0.286. The molecule has 1 amide bonds. The van der Waals surface area contributed by atoms with Crippen molar-refractivity contribution < 1.29 is 14.1 Å². The van der Waals surface area contributed by atoms with E-state index in [0.717, 1.165) is 47.5 Å². The zero-order valence-electron chi connectivity index (χ0n) is 22.1. The van der Waals surface area contributed by atoms with Crippen LogP contribution in [0, 0.1) is 0 Å². The average Bonchev–Trinajstić information content (AvgIpc) is 3.40. The third-order valence-corrected chi connectivity index (χ3v) is 7.87. The standard InChI is InChI=1S/C31H32ClN3O3S/c1-3-5-18-38-28-12-6-23(7-13-28)24-8-16-30(32)25(19-24)9-17-31(36)34-26-10-14-29(15-11-26)39(37)21-27-20-33-22-35(27)4-2/h6-17,19-20,22H,3-5,18,21H2,1-2H3,(H,34,36)/b17-9+/t39-/m1/s1. The highest BCUT2D eigenvalue weighted by atomic mass is 35.5. The molecule has 4 rings (SSSR count). The first-order chi connectivity index (χ1) is 19.0. The summed E-state index contributed by atoms with van der Waals surface area (Å²) in [6.45, 7) is 5.65. The number of halogens is 1. The largest absolute Gasteiger partial charge is 0.611 e. The number of nitrogens with zero attached hydrogens (tertiary/aromatic N) is 2. The normalized spacial score (nSPS) is 12.0. The van der Waals surface area contributed by atoms with Gasteiger partial charge in [-0.3, -0.25) is 4.79 Å². The molecule has 0 bridgehead atoms. The number of imidazole rings is 1. The molecule has 0 unspecified atom stereocenters. The Balaban J connectivity index is 1.36. The van der Waals surface area contributed by atoms with Gasteiger partial charge in [-0.15, -0.1) is 0 Å². The Hall–Kier alpha value is -3.52. The molecular weight excluding hydrogens is 530 g/mol. The van der Waals surface area contributed by atoms with E-state index in [1.54, 1.807) is 42.9 Å². The van der Waals surface area contributed by atoms with Crippen LogP contribution in [0.4, 0.5) is 5.69 Å². The molecule has 0 saturated carbocycles. The molecule has 8 heteroatoms. The summed E-state index contributed by atoms with van der Waals surface area (Å²) in [6.07, 6.45) is 8.76. The molecule has 39 heavy (non-hydrogen) atoms. The van der Waals surface area contributed by atoms with Gasteiger partial charge in [0.25, 0.3) is 0 Å². The Kier molecular flexibility index (Phi) is 10.3. The molecule has 0 aliphatic rings. The van der Waals surface area contributed by atoms with Crippen molar-refractivity contribution in [2.45, 2.75) is 43.9 Å². The van der Waals surface area contributed by atoms with Crippen LogP contribution in [0.5, 0.6) is 5.75 Å². The Labute approximate surface area is 237 Å². The molecule has 0 radical (unpaired) electrons. The van der Waals surface area contributed by atoms with Crippen LogP contribution < -0.4 is 10.1 Å². The van der Waals surface area contributed by atoms with E-state index in [1.165, 1.54) is 6.08 Å². The summed E-state index contributed by atoms with van der Waals surface area (Å²) < 4.78 is 20.5. The third-order valence-electron chi connectivity index (χ3n) is 6.17. The fourth-order valence-corrected chi connectivity index (χ4v) is 5.24. The lowest BCUT2D eigenvalue weighted by atomic mass is 10.0. The van der Waals surface area contributed by atoms with Crippen LogP contribution in [0.15, 0.2) is 90.2 Å². The first-order valence-electron chi connectivity index (χ1n) is 13.0. The minimum Gasteiger partial charge on any atom is -0.611 e. The van der Waals surface area contributed by atoms with E-state index in [4.69, 9.17) is 16.3 Å². The number of anilines is 1. The number of amides is 1. The summed E-state index contributed by atoms with van der Waals surface area (Å²) in [4.78, 5) is 17.4. The maximum absolute atomic E-state index is 12.8. The van der Waals surface area contributed by atoms with Crippen LogP contribution in [-0.4, -0.2) is 26.6 Å². The van der Waals surface area contributed by atoms with E-state index in [2.05, 4.69) is 17.2 Å². The SMILES string of the molecule is CCCCOc1ccc(-c2ccc(Cl)c(/C=C/C(=O)Nc3ccc([S@+]([O-])Cc4cncn4CC)cc3)c2)cc1. The van der Waals surface area contributed by atoms with Crippen molar-refractivity contribution >= 4 is 40.4 Å². The molecule has 6 nitrogen and oxygen atoms in total. The Morgan fingerprint density at radius 2 is 1.82 bits per heavy atom. The van der Waals surface area contributed by atoms with Gasteiger partial charge in [0.1, 0.15) is 5.75 Å². The second-order valence-electron chi connectivity index (χ2n) is 8.97. The van der Waals surface area contributed by atoms with Crippen molar-refractivity contribution in [1.82, 2.24) is 9.55 Å². The number of unbranched alkanes of at least 4 members (excludes halogenated alkanes) is 1. The third kappa shape index (κ3) is 7.99. The number of hydrogen-bond donors (Lipinski definition) is 1. The maximum Gasteiger partial charge on any atom is 0.248 e. The number of rotatable bonds is 12. The molecule has 1 heterocycles. The van der Waals surface area contributed by atoms with Crippen molar-refractivity contribution in [2.75, 3.05) is 11.9 Å². The summed E-state index contributed by atoms with van der Waals surface area (Å²) in [6, 6.07) is 20.7. The van der Waals surface area contributed by atoms with Crippen molar-refractivity contribution in [1.29, 1.82) is 0 Å². The Morgan fingerprint density at radius 3 is 2.54 bits per heavy atom. The number of benzene rings is 3. The van der Waals surface area contributed by atoms with Gasteiger partial charge < -0.3 is 19.2 Å². The van der Waals surface area contributed by atoms with Crippen LogP contribution in [0.2, 0.25) is 5.02 Å². The first kappa shape index (κ1) is 28.5. The number of aromatic nitrogens is 2. The molecule has 4 aromatic rings. The monoisotopic (exact) mass is 561 g/mol. The van der Waals surface area contributed by atoms with Gasteiger partial charge in [-0.25, -0.2) is 4.98 Å². The predicted molar refractivity (Wildman–Crippen MR) is 159 cm³/mol. The van der Waals surface area contributed by atoms with Crippen molar-refractivity contribution in [3.05, 3.63) is 102 Å². The average molecular weight is 562 g/mol. The van der Waals surface area contributed by atoms with E-state index in [-0.39, 0.29) is 5.91 Å².